The molecule has 3 rings (SSSR count). The third-order valence-corrected chi connectivity index (χ3v) is 4.21. The third-order valence-electron chi connectivity index (χ3n) is 3.99. The van der Waals surface area contributed by atoms with Crippen LogP contribution in [-0.4, -0.2) is 22.3 Å². The van der Waals surface area contributed by atoms with E-state index in [1.54, 1.807) is 12.1 Å². The number of halogens is 1. The summed E-state index contributed by atoms with van der Waals surface area (Å²) >= 11 is 5.72. The number of aromatic nitrogens is 1. The number of hydrogen-bond acceptors (Lipinski definition) is 4. The van der Waals surface area contributed by atoms with E-state index in [0.29, 0.717) is 23.6 Å². The van der Waals surface area contributed by atoms with Crippen molar-refractivity contribution in [1.29, 1.82) is 0 Å². The summed E-state index contributed by atoms with van der Waals surface area (Å²) in [6.07, 6.45) is 5.74. The Balaban J connectivity index is 1.92. The van der Waals surface area contributed by atoms with Crippen molar-refractivity contribution in [1.82, 2.24) is 4.98 Å². The van der Waals surface area contributed by atoms with Crippen molar-refractivity contribution < 1.29 is 14.3 Å². The molecule has 1 spiro atoms. The number of rotatable bonds is 1. The highest BCUT2D eigenvalue weighted by Crippen LogP contribution is 2.43. The van der Waals surface area contributed by atoms with Gasteiger partial charge < -0.3 is 4.74 Å². The molecule has 0 aromatic carbocycles. The molecule has 1 aliphatic heterocycles. The van der Waals surface area contributed by atoms with Gasteiger partial charge in [0.25, 0.3) is 0 Å². The zero-order chi connectivity index (χ0) is 13.5. The molecule has 1 aliphatic carbocycles. The number of Topliss-reactive ketones (excluding diaryl/α,β-unsaturated/α-hetero) is 1. The van der Waals surface area contributed by atoms with Crippen LogP contribution in [0.5, 0.6) is 0 Å². The Bertz CT molecular complexity index is 520. The van der Waals surface area contributed by atoms with E-state index in [4.69, 9.17) is 16.3 Å². The number of carbonyl (C=O) groups excluding carboxylic acids is 2. The summed E-state index contributed by atoms with van der Waals surface area (Å²) in [7, 11) is 0. The van der Waals surface area contributed by atoms with Gasteiger partial charge in [-0.3, -0.25) is 9.59 Å². The predicted octanol–water partition coefficient (Wildman–Crippen LogP) is 2.65. The van der Waals surface area contributed by atoms with E-state index in [0.717, 1.165) is 19.3 Å². The van der Waals surface area contributed by atoms with Crippen LogP contribution in [-0.2, 0) is 14.3 Å². The van der Waals surface area contributed by atoms with Crippen LogP contribution < -0.4 is 0 Å². The second-order valence-corrected chi connectivity index (χ2v) is 5.57. The highest BCUT2D eigenvalue weighted by Gasteiger charge is 2.55. The van der Waals surface area contributed by atoms with Crippen molar-refractivity contribution in [2.24, 2.45) is 0 Å². The first kappa shape index (κ1) is 12.6. The monoisotopic (exact) mass is 279 g/mol. The molecule has 1 unspecified atom stereocenters. The molecule has 1 aromatic heterocycles. The summed E-state index contributed by atoms with van der Waals surface area (Å²) in [5.74, 6) is -1.39. The van der Waals surface area contributed by atoms with Gasteiger partial charge in [0.1, 0.15) is 11.1 Å². The summed E-state index contributed by atoms with van der Waals surface area (Å²) in [5, 5.41) is 0.343. The molecule has 100 valence electrons. The number of ketones is 1. The van der Waals surface area contributed by atoms with E-state index in [2.05, 4.69) is 4.98 Å². The number of ether oxygens (including phenoxy) is 1. The van der Waals surface area contributed by atoms with Crippen LogP contribution in [0.1, 0.15) is 43.6 Å². The predicted molar refractivity (Wildman–Crippen MR) is 68.9 cm³/mol. The van der Waals surface area contributed by atoms with Gasteiger partial charge in [0, 0.05) is 6.20 Å². The van der Waals surface area contributed by atoms with Gasteiger partial charge in [-0.2, -0.15) is 0 Å². The summed E-state index contributed by atoms with van der Waals surface area (Å²) in [6.45, 7) is 0. The summed E-state index contributed by atoms with van der Waals surface area (Å²) in [6, 6.07) is 3.25. The molecular weight excluding hydrogens is 266 g/mol. The summed E-state index contributed by atoms with van der Waals surface area (Å²) < 4.78 is 5.45. The lowest BCUT2D eigenvalue weighted by atomic mass is 9.78. The quantitative estimate of drug-likeness (QED) is 0.450. The van der Waals surface area contributed by atoms with Gasteiger partial charge in [0.2, 0.25) is 0 Å². The van der Waals surface area contributed by atoms with Crippen LogP contribution in [0.4, 0.5) is 0 Å². The van der Waals surface area contributed by atoms with Gasteiger partial charge in [-0.15, -0.1) is 0 Å². The maximum atomic E-state index is 12.6. The highest BCUT2D eigenvalue weighted by atomic mass is 35.5. The average molecular weight is 280 g/mol. The largest absolute Gasteiger partial charge is 0.450 e. The number of carbonyl (C=O) groups is 2. The molecule has 1 saturated carbocycles. The Kier molecular flexibility index (Phi) is 3.05. The normalized spacial score (nSPS) is 25.6. The molecule has 5 heteroatoms. The topological polar surface area (TPSA) is 56.3 Å². The first-order chi connectivity index (χ1) is 9.12. The molecule has 2 fully saturated rings. The second kappa shape index (κ2) is 4.60. The van der Waals surface area contributed by atoms with Crippen LogP contribution in [0.3, 0.4) is 0 Å². The van der Waals surface area contributed by atoms with Crippen LogP contribution in [0.2, 0.25) is 5.15 Å². The fourth-order valence-corrected chi connectivity index (χ4v) is 3.10. The lowest BCUT2D eigenvalue weighted by Gasteiger charge is -2.29. The Morgan fingerprint density at radius 3 is 2.58 bits per heavy atom. The molecule has 2 aliphatic rings. The molecule has 1 atom stereocenters. The van der Waals surface area contributed by atoms with Gasteiger partial charge in [-0.25, -0.2) is 4.98 Å². The van der Waals surface area contributed by atoms with Gasteiger partial charge in [0.15, 0.2) is 11.4 Å². The molecule has 4 nitrogen and oxygen atoms in total. The van der Waals surface area contributed by atoms with E-state index >= 15 is 0 Å². The Hall–Kier alpha value is -1.42. The van der Waals surface area contributed by atoms with Crippen molar-refractivity contribution in [2.45, 2.75) is 43.6 Å². The molecular formula is C14H14ClNO3. The van der Waals surface area contributed by atoms with Crippen LogP contribution in [0.25, 0.3) is 0 Å². The van der Waals surface area contributed by atoms with Crippen molar-refractivity contribution >= 4 is 23.4 Å². The number of pyridine rings is 1. The molecule has 0 bridgehead atoms. The molecule has 0 amide bonds. The van der Waals surface area contributed by atoms with E-state index in [1.807, 2.05) is 0 Å². The van der Waals surface area contributed by atoms with E-state index < -0.39 is 17.5 Å². The van der Waals surface area contributed by atoms with Gasteiger partial charge in [-0.1, -0.05) is 24.1 Å². The maximum absolute atomic E-state index is 12.6. The van der Waals surface area contributed by atoms with Crippen molar-refractivity contribution in [3.8, 4) is 0 Å². The molecule has 1 aromatic rings. The standard InChI is InChI=1S/C14H14ClNO3/c15-10-5-4-9(8-16-10)11-12(17)14(19-13(11)18)6-2-1-3-7-14/h4-5,8,11H,1-3,6-7H2. The minimum atomic E-state index is -0.875. The average Bonchev–Trinajstić information content (AvgIpc) is 2.64. The molecule has 1 saturated heterocycles. The molecule has 0 radical (unpaired) electrons. The zero-order valence-electron chi connectivity index (χ0n) is 10.4. The summed E-state index contributed by atoms with van der Waals surface area (Å²) in [5.41, 5.74) is -0.304. The van der Waals surface area contributed by atoms with Crippen LogP contribution in [0.15, 0.2) is 18.3 Å². The maximum Gasteiger partial charge on any atom is 0.322 e. The first-order valence-electron chi connectivity index (χ1n) is 6.51. The smallest absolute Gasteiger partial charge is 0.322 e. The Labute approximate surface area is 116 Å². The minimum absolute atomic E-state index is 0.110. The van der Waals surface area contributed by atoms with Crippen LogP contribution in [0, 0.1) is 0 Å². The van der Waals surface area contributed by atoms with Crippen molar-refractivity contribution in [2.75, 3.05) is 0 Å². The van der Waals surface area contributed by atoms with Crippen molar-refractivity contribution in [3.05, 3.63) is 29.0 Å². The Morgan fingerprint density at radius 2 is 1.95 bits per heavy atom. The Morgan fingerprint density at radius 1 is 1.21 bits per heavy atom. The number of nitrogens with zero attached hydrogens (tertiary/aromatic N) is 1. The third kappa shape index (κ3) is 2.04. The van der Waals surface area contributed by atoms with Gasteiger partial charge in [0.05, 0.1) is 0 Å². The fraction of sp³-hybridized carbons (Fsp3) is 0.500. The number of esters is 1. The first-order valence-corrected chi connectivity index (χ1v) is 6.89. The minimum Gasteiger partial charge on any atom is -0.450 e. The second-order valence-electron chi connectivity index (χ2n) is 5.19. The summed E-state index contributed by atoms with van der Waals surface area (Å²) in [4.78, 5) is 28.5. The molecule has 19 heavy (non-hydrogen) atoms. The number of hydrogen-bond donors (Lipinski definition) is 0. The SMILES string of the molecule is O=C1OC2(CCCCC2)C(=O)C1c1ccc(Cl)nc1. The van der Waals surface area contributed by atoms with Gasteiger partial charge in [-0.05, 0) is 37.3 Å². The lowest BCUT2D eigenvalue weighted by Crippen LogP contribution is -2.39. The highest BCUT2D eigenvalue weighted by molar-refractivity contribution is 6.29. The van der Waals surface area contributed by atoms with E-state index in [1.165, 1.54) is 6.20 Å². The van der Waals surface area contributed by atoms with Gasteiger partial charge >= 0.3 is 5.97 Å². The molecule has 0 N–H and O–H groups in total. The molecule has 2 heterocycles. The fourth-order valence-electron chi connectivity index (χ4n) is 2.99. The van der Waals surface area contributed by atoms with E-state index in [-0.39, 0.29) is 5.78 Å². The van der Waals surface area contributed by atoms with Crippen molar-refractivity contribution in [3.63, 3.8) is 0 Å². The lowest BCUT2D eigenvalue weighted by molar-refractivity contribution is -0.154. The zero-order valence-corrected chi connectivity index (χ0v) is 11.2. The van der Waals surface area contributed by atoms with E-state index in [9.17, 15) is 9.59 Å². The van der Waals surface area contributed by atoms with Crippen LogP contribution >= 0.6 is 11.6 Å².